The molecule has 5 nitrogen and oxygen atoms in total. The van der Waals surface area contributed by atoms with Crippen LogP contribution in [-0.4, -0.2) is 18.2 Å². The first kappa shape index (κ1) is 20.4. The van der Waals surface area contributed by atoms with Crippen LogP contribution in [0.4, 0.5) is 5.69 Å². The Balaban J connectivity index is 1.95. The van der Waals surface area contributed by atoms with E-state index in [2.05, 4.69) is 9.82 Å². The Labute approximate surface area is 171 Å². The molecule has 0 aliphatic carbocycles. The fraction of sp³-hybridized carbons (Fsp3) is 0.286. The van der Waals surface area contributed by atoms with Crippen LogP contribution < -0.4 is 4.72 Å². The second kappa shape index (κ2) is 7.60. The van der Waals surface area contributed by atoms with E-state index in [-0.39, 0.29) is 0 Å². The molecule has 0 fully saturated rings. The van der Waals surface area contributed by atoms with Gasteiger partial charge in [0, 0.05) is 11.9 Å². The molecule has 1 aromatic heterocycles. The maximum absolute atomic E-state index is 13.2. The van der Waals surface area contributed by atoms with Crippen molar-refractivity contribution in [2.45, 2.75) is 46.1 Å². The molecule has 2 aromatic carbocycles. The number of aromatic nitrogens is 2. The molecule has 0 saturated heterocycles. The molecule has 0 unspecified atom stereocenters. The second-order valence-electron chi connectivity index (χ2n) is 7.12. The number of anilines is 1. The number of sulfonamides is 1. The van der Waals surface area contributed by atoms with E-state index in [4.69, 9.17) is 11.6 Å². The predicted molar refractivity (Wildman–Crippen MR) is 114 cm³/mol. The molecule has 0 saturated carbocycles. The van der Waals surface area contributed by atoms with Gasteiger partial charge in [0.15, 0.2) is 0 Å². The van der Waals surface area contributed by atoms with Crippen LogP contribution in [0.25, 0.3) is 0 Å². The summed E-state index contributed by atoms with van der Waals surface area (Å²) in [6.45, 7) is 10.2. The average molecular weight is 418 g/mol. The highest BCUT2D eigenvalue weighted by molar-refractivity contribution is 7.92. The van der Waals surface area contributed by atoms with Crippen LogP contribution in [-0.2, 0) is 16.6 Å². The largest absolute Gasteiger partial charge is 0.280 e. The molecule has 148 valence electrons. The average Bonchev–Trinajstić information content (AvgIpc) is 3.03. The van der Waals surface area contributed by atoms with E-state index in [0.29, 0.717) is 22.2 Å². The molecule has 0 radical (unpaired) electrons. The summed E-state index contributed by atoms with van der Waals surface area (Å²) in [6.07, 6.45) is 3.30. The first-order valence-electron chi connectivity index (χ1n) is 8.97. The molecule has 28 heavy (non-hydrogen) atoms. The quantitative estimate of drug-likeness (QED) is 0.640. The number of rotatable bonds is 5. The molecule has 3 rings (SSSR count). The van der Waals surface area contributed by atoms with Gasteiger partial charge in [0.25, 0.3) is 10.0 Å². The van der Waals surface area contributed by atoms with E-state index in [9.17, 15) is 8.42 Å². The topological polar surface area (TPSA) is 64.0 Å². The van der Waals surface area contributed by atoms with Gasteiger partial charge < -0.3 is 0 Å². The van der Waals surface area contributed by atoms with Gasteiger partial charge in [0.2, 0.25) is 0 Å². The van der Waals surface area contributed by atoms with Gasteiger partial charge in [-0.2, -0.15) is 5.10 Å². The van der Waals surface area contributed by atoms with Crippen molar-refractivity contribution in [3.8, 4) is 0 Å². The second-order valence-corrected chi connectivity index (χ2v) is 9.17. The number of nitrogens with one attached hydrogen (secondary N) is 1. The summed E-state index contributed by atoms with van der Waals surface area (Å²) in [4.78, 5) is 0.359. The molecule has 3 aromatic rings. The number of nitrogens with zero attached hydrogens (tertiary/aromatic N) is 2. The van der Waals surface area contributed by atoms with Gasteiger partial charge in [0.05, 0.1) is 22.7 Å². The lowest BCUT2D eigenvalue weighted by Crippen LogP contribution is -2.18. The van der Waals surface area contributed by atoms with E-state index >= 15 is 0 Å². The lowest BCUT2D eigenvalue weighted by Gasteiger charge is -2.19. The maximum Gasteiger partial charge on any atom is 0.262 e. The van der Waals surface area contributed by atoms with Crippen molar-refractivity contribution < 1.29 is 8.42 Å². The zero-order valence-electron chi connectivity index (χ0n) is 16.7. The zero-order valence-corrected chi connectivity index (χ0v) is 18.2. The minimum atomic E-state index is -3.72. The Morgan fingerprint density at radius 2 is 1.61 bits per heavy atom. The normalized spacial score (nSPS) is 11.6. The van der Waals surface area contributed by atoms with Crippen molar-refractivity contribution in [3.63, 3.8) is 0 Å². The van der Waals surface area contributed by atoms with E-state index in [1.165, 1.54) is 0 Å². The summed E-state index contributed by atoms with van der Waals surface area (Å²) in [5, 5.41) is 4.72. The van der Waals surface area contributed by atoms with Crippen molar-refractivity contribution in [2.75, 3.05) is 4.72 Å². The fourth-order valence-electron chi connectivity index (χ4n) is 3.42. The summed E-state index contributed by atoms with van der Waals surface area (Å²) < 4.78 is 30.8. The smallest absolute Gasteiger partial charge is 0.262 e. The molecule has 0 spiro atoms. The van der Waals surface area contributed by atoms with Gasteiger partial charge in [-0.15, -0.1) is 0 Å². The molecule has 0 bridgehead atoms. The van der Waals surface area contributed by atoms with Crippen molar-refractivity contribution >= 4 is 27.3 Å². The Kier molecular flexibility index (Phi) is 5.55. The molecular weight excluding hydrogens is 394 g/mol. The number of benzene rings is 2. The van der Waals surface area contributed by atoms with Gasteiger partial charge in [-0.3, -0.25) is 9.40 Å². The van der Waals surface area contributed by atoms with Crippen molar-refractivity contribution in [3.05, 3.63) is 75.1 Å². The summed E-state index contributed by atoms with van der Waals surface area (Å²) in [7, 11) is -3.72. The highest BCUT2D eigenvalue weighted by Crippen LogP contribution is 2.31. The van der Waals surface area contributed by atoms with E-state index in [1.54, 1.807) is 23.1 Å². The molecule has 0 aliphatic rings. The summed E-state index contributed by atoms with van der Waals surface area (Å²) in [6, 6.07) is 7.30. The molecule has 1 N–H and O–H groups in total. The van der Waals surface area contributed by atoms with Crippen LogP contribution in [0.15, 0.2) is 41.6 Å². The van der Waals surface area contributed by atoms with Crippen LogP contribution in [0.3, 0.4) is 0 Å². The lowest BCUT2D eigenvalue weighted by atomic mass is 9.95. The molecule has 1 heterocycles. The van der Waals surface area contributed by atoms with E-state index in [0.717, 1.165) is 33.4 Å². The van der Waals surface area contributed by atoms with Crippen LogP contribution in [0.5, 0.6) is 0 Å². The third kappa shape index (κ3) is 3.93. The van der Waals surface area contributed by atoms with Gasteiger partial charge in [-0.05, 0) is 80.1 Å². The van der Waals surface area contributed by atoms with Crippen molar-refractivity contribution in [1.82, 2.24) is 9.78 Å². The number of hydrogen-bond acceptors (Lipinski definition) is 3. The Morgan fingerprint density at radius 3 is 2.18 bits per heavy atom. The Bertz CT molecular complexity index is 1120. The Hall–Kier alpha value is -2.31. The van der Waals surface area contributed by atoms with Crippen molar-refractivity contribution in [2.24, 2.45) is 0 Å². The lowest BCUT2D eigenvalue weighted by molar-refractivity contribution is 0.599. The Morgan fingerprint density at radius 1 is 1.00 bits per heavy atom. The summed E-state index contributed by atoms with van der Waals surface area (Å²) >= 11 is 5.90. The first-order chi connectivity index (χ1) is 13.1. The minimum Gasteiger partial charge on any atom is -0.280 e. The van der Waals surface area contributed by atoms with E-state index < -0.39 is 10.0 Å². The predicted octanol–water partition coefficient (Wildman–Crippen LogP) is 4.93. The third-order valence-electron chi connectivity index (χ3n) is 5.33. The van der Waals surface area contributed by atoms with Crippen molar-refractivity contribution in [1.29, 1.82) is 0 Å². The number of hydrogen-bond donors (Lipinski definition) is 1. The van der Waals surface area contributed by atoms with Crippen LogP contribution in [0, 0.1) is 34.6 Å². The highest BCUT2D eigenvalue weighted by Gasteiger charge is 2.23. The van der Waals surface area contributed by atoms with Gasteiger partial charge in [-0.1, -0.05) is 23.7 Å². The number of halogens is 1. The molecule has 7 heteroatoms. The molecule has 0 aliphatic heterocycles. The highest BCUT2D eigenvalue weighted by atomic mass is 35.5. The SMILES string of the molecule is Cc1c(C)c(C)c(S(=O)(=O)Nc2cccc(Cn3cc(Cl)cn3)c2)c(C)c1C. The van der Waals surface area contributed by atoms with Crippen LogP contribution in [0.1, 0.15) is 33.4 Å². The molecule has 0 amide bonds. The molecular formula is C21H24ClN3O2S. The summed E-state index contributed by atoms with van der Waals surface area (Å²) in [5.41, 5.74) is 6.16. The van der Waals surface area contributed by atoms with Gasteiger partial charge in [0.1, 0.15) is 0 Å². The zero-order chi connectivity index (χ0) is 20.6. The van der Waals surface area contributed by atoms with Gasteiger partial charge in [-0.25, -0.2) is 8.42 Å². The van der Waals surface area contributed by atoms with Gasteiger partial charge >= 0.3 is 0 Å². The summed E-state index contributed by atoms with van der Waals surface area (Å²) in [5.74, 6) is 0. The van der Waals surface area contributed by atoms with Crippen LogP contribution >= 0.6 is 11.6 Å². The standard InChI is InChI=1S/C21H24ClN3O2S/c1-13-14(2)16(4)21(17(5)15(13)3)28(26,27)24-20-8-6-7-18(9-20)11-25-12-19(22)10-23-25/h6-10,12,24H,11H2,1-5H3. The van der Waals surface area contributed by atoms with Crippen LogP contribution in [0.2, 0.25) is 5.02 Å². The maximum atomic E-state index is 13.2. The molecule has 0 atom stereocenters. The third-order valence-corrected chi connectivity index (χ3v) is 7.17. The van der Waals surface area contributed by atoms with E-state index in [1.807, 2.05) is 52.8 Å². The fourth-order valence-corrected chi connectivity index (χ4v) is 5.23. The monoisotopic (exact) mass is 417 g/mol. The first-order valence-corrected chi connectivity index (χ1v) is 10.8. The minimum absolute atomic E-state index is 0.359.